The standard InChI is InChI=1S/C29H26N2O5S/c32-27-20-12-4-5-13-21(20)28(33)31(27)24(18-19-10-2-1-3-11-19)29(34)30-22-14-6-8-16-25(22)37(35,36)26-17-9-7-15-23(26)30/h1-3,6-11,14-17,20-21,24H,4-5,12-13,18H2. The minimum Gasteiger partial charge on any atom is -0.277 e. The number of nitrogens with zero attached hydrogens (tertiary/aromatic N) is 2. The second-order valence-electron chi connectivity index (χ2n) is 9.86. The summed E-state index contributed by atoms with van der Waals surface area (Å²) in [6, 6.07) is 20.9. The van der Waals surface area contributed by atoms with Gasteiger partial charge in [-0.1, -0.05) is 67.4 Å². The van der Waals surface area contributed by atoms with Gasteiger partial charge in [0.15, 0.2) is 0 Å². The largest absolute Gasteiger partial charge is 0.277 e. The van der Waals surface area contributed by atoms with E-state index in [1.807, 2.05) is 30.3 Å². The second-order valence-corrected chi connectivity index (χ2v) is 11.7. The maximum atomic E-state index is 14.5. The summed E-state index contributed by atoms with van der Waals surface area (Å²) in [5.41, 5.74) is 1.25. The van der Waals surface area contributed by atoms with Crippen LogP contribution in [0, 0.1) is 11.8 Å². The Kier molecular flexibility index (Phi) is 5.71. The molecule has 2 heterocycles. The Bertz CT molecular complexity index is 1440. The predicted octanol–water partition coefficient (Wildman–Crippen LogP) is 4.28. The highest BCUT2D eigenvalue weighted by Crippen LogP contribution is 2.45. The van der Waals surface area contributed by atoms with E-state index in [0.29, 0.717) is 12.8 Å². The molecule has 0 bridgehead atoms. The highest BCUT2D eigenvalue weighted by molar-refractivity contribution is 7.92. The minimum atomic E-state index is -3.85. The Morgan fingerprint density at radius 1 is 0.757 bits per heavy atom. The molecule has 3 unspecified atom stereocenters. The fourth-order valence-corrected chi connectivity index (χ4v) is 7.62. The van der Waals surface area contributed by atoms with Crippen LogP contribution in [0.1, 0.15) is 31.2 Å². The smallest absolute Gasteiger partial charge is 0.255 e. The molecule has 8 heteroatoms. The van der Waals surface area contributed by atoms with Crippen molar-refractivity contribution in [1.29, 1.82) is 0 Å². The van der Waals surface area contributed by atoms with Crippen molar-refractivity contribution in [1.82, 2.24) is 4.90 Å². The average molecular weight is 515 g/mol. The molecule has 2 aliphatic heterocycles. The lowest BCUT2D eigenvalue weighted by Crippen LogP contribution is -2.52. The maximum absolute atomic E-state index is 14.5. The summed E-state index contributed by atoms with van der Waals surface area (Å²) >= 11 is 0. The molecule has 3 aromatic carbocycles. The van der Waals surface area contributed by atoms with Crippen molar-refractivity contribution in [2.24, 2.45) is 11.8 Å². The fourth-order valence-electron chi connectivity index (χ4n) is 5.99. The molecule has 3 aliphatic rings. The summed E-state index contributed by atoms with van der Waals surface area (Å²) in [5, 5.41) is 0. The lowest BCUT2D eigenvalue weighted by atomic mass is 9.81. The van der Waals surface area contributed by atoms with E-state index in [1.165, 1.54) is 21.9 Å². The quantitative estimate of drug-likeness (QED) is 0.485. The first-order valence-corrected chi connectivity index (χ1v) is 14.1. The van der Waals surface area contributed by atoms with E-state index in [0.717, 1.165) is 18.4 Å². The van der Waals surface area contributed by atoms with Gasteiger partial charge in [-0.3, -0.25) is 24.2 Å². The molecule has 0 spiro atoms. The summed E-state index contributed by atoms with van der Waals surface area (Å²) in [4.78, 5) is 44.3. The van der Waals surface area contributed by atoms with Crippen LogP contribution in [0.2, 0.25) is 0 Å². The van der Waals surface area contributed by atoms with Gasteiger partial charge in [0.05, 0.1) is 33.0 Å². The number of hydrogen-bond acceptors (Lipinski definition) is 5. The summed E-state index contributed by atoms with van der Waals surface area (Å²) in [6.07, 6.45) is 3.20. The summed E-state index contributed by atoms with van der Waals surface area (Å²) in [5.74, 6) is -1.88. The van der Waals surface area contributed by atoms with Crippen molar-refractivity contribution in [3.8, 4) is 0 Å². The van der Waals surface area contributed by atoms with Gasteiger partial charge in [-0.2, -0.15) is 0 Å². The number of sulfone groups is 1. The van der Waals surface area contributed by atoms with Crippen molar-refractivity contribution >= 4 is 38.9 Å². The number of rotatable bonds is 4. The molecule has 1 saturated heterocycles. The molecule has 0 aromatic heterocycles. The molecule has 6 rings (SSSR count). The molecular formula is C29H26N2O5S. The van der Waals surface area contributed by atoms with Crippen LogP contribution in [0.4, 0.5) is 11.4 Å². The van der Waals surface area contributed by atoms with Gasteiger partial charge in [-0.25, -0.2) is 8.42 Å². The monoisotopic (exact) mass is 514 g/mol. The topological polar surface area (TPSA) is 91.8 Å². The van der Waals surface area contributed by atoms with Crippen LogP contribution in [-0.4, -0.2) is 37.1 Å². The number of fused-ring (bicyclic) bond motifs is 3. The van der Waals surface area contributed by atoms with E-state index < -0.39 is 33.6 Å². The lowest BCUT2D eigenvalue weighted by molar-refractivity contribution is -0.147. The van der Waals surface area contributed by atoms with E-state index in [1.54, 1.807) is 36.4 Å². The van der Waals surface area contributed by atoms with E-state index in [9.17, 15) is 22.8 Å². The number of anilines is 2. The van der Waals surface area contributed by atoms with E-state index >= 15 is 0 Å². The number of para-hydroxylation sites is 2. The Balaban J connectivity index is 1.50. The fraction of sp³-hybridized carbons (Fsp3) is 0.276. The van der Waals surface area contributed by atoms with E-state index in [-0.39, 0.29) is 39.4 Å². The summed E-state index contributed by atoms with van der Waals surface area (Å²) < 4.78 is 26.8. The third kappa shape index (κ3) is 3.70. The van der Waals surface area contributed by atoms with Crippen molar-refractivity contribution in [3.05, 3.63) is 84.4 Å². The molecule has 1 aliphatic carbocycles. The van der Waals surface area contributed by atoms with Crippen molar-refractivity contribution in [2.45, 2.75) is 47.9 Å². The Morgan fingerprint density at radius 2 is 1.24 bits per heavy atom. The zero-order valence-electron chi connectivity index (χ0n) is 20.1. The predicted molar refractivity (Wildman–Crippen MR) is 137 cm³/mol. The Labute approximate surface area is 215 Å². The molecule has 0 N–H and O–H groups in total. The highest BCUT2D eigenvalue weighted by Gasteiger charge is 2.53. The Morgan fingerprint density at radius 3 is 1.78 bits per heavy atom. The summed E-state index contributed by atoms with van der Waals surface area (Å²) in [6.45, 7) is 0. The van der Waals surface area contributed by atoms with Gasteiger partial charge in [0.2, 0.25) is 21.7 Å². The first-order chi connectivity index (χ1) is 17.9. The van der Waals surface area contributed by atoms with Crippen LogP contribution in [0.5, 0.6) is 0 Å². The van der Waals surface area contributed by atoms with Gasteiger partial charge in [0, 0.05) is 6.42 Å². The van der Waals surface area contributed by atoms with Crippen LogP contribution < -0.4 is 4.90 Å². The molecule has 188 valence electrons. The molecule has 3 atom stereocenters. The van der Waals surface area contributed by atoms with E-state index in [4.69, 9.17) is 0 Å². The molecule has 3 amide bonds. The van der Waals surface area contributed by atoms with E-state index in [2.05, 4.69) is 0 Å². The zero-order chi connectivity index (χ0) is 25.7. The van der Waals surface area contributed by atoms with Crippen LogP contribution in [0.25, 0.3) is 0 Å². The third-order valence-electron chi connectivity index (χ3n) is 7.76. The van der Waals surface area contributed by atoms with Crippen LogP contribution >= 0.6 is 0 Å². The first kappa shape index (κ1) is 23.6. The summed E-state index contributed by atoms with van der Waals surface area (Å²) in [7, 11) is -3.85. The van der Waals surface area contributed by atoms with Gasteiger partial charge in [-0.05, 0) is 42.7 Å². The third-order valence-corrected chi connectivity index (χ3v) is 9.60. The number of benzene rings is 3. The van der Waals surface area contributed by atoms with Crippen LogP contribution in [0.3, 0.4) is 0 Å². The van der Waals surface area contributed by atoms with Crippen molar-refractivity contribution in [2.75, 3.05) is 4.90 Å². The lowest BCUT2D eigenvalue weighted by Gasteiger charge is -2.36. The number of carbonyl (C=O) groups is 3. The molecule has 1 saturated carbocycles. The molecule has 7 nitrogen and oxygen atoms in total. The molecular weight excluding hydrogens is 488 g/mol. The molecule has 3 aromatic rings. The molecule has 2 fully saturated rings. The normalized spacial score (nSPS) is 22.7. The number of amides is 3. The zero-order valence-corrected chi connectivity index (χ0v) is 20.9. The highest BCUT2D eigenvalue weighted by atomic mass is 32.2. The molecule has 0 radical (unpaired) electrons. The van der Waals surface area contributed by atoms with Crippen molar-refractivity contribution in [3.63, 3.8) is 0 Å². The number of carbonyl (C=O) groups excluding carboxylic acids is 3. The van der Waals surface area contributed by atoms with Gasteiger partial charge in [-0.15, -0.1) is 0 Å². The maximum Gasteiger partial charge on any atom is 0.255 e. The van der Waals surface area contributed by atoms with Gasteiger partial charge >= 0.3 is 0 Å². The van der Waals surface area contributed by atoms with Crippen LogP contribution in [-0.2, 0) is 30.6 Å². The minimum absolute atomic E-state index is 0.0215. The van der Waals surface area contributed by atoms with Crippen molar-refractivity contribution < 1.29 is 22.8 Å². The number of hydrogen-bond donors (Lipinski definition) is 0. The number of imide groups is 1. The first-order valence-electron chi connectivity index (χ1n) is 12.6. The van der Waals surface area contributed by atoms with Gasteiger partial charge in [0.25, 0.3) is 5.91 Å². The second kappa shape index (κ2) is 8.95. The van der Waals surface area contributed by atoms with Gasteiger partial charge < -0.3 is 0 Å². The SMILES string of the molecule is O=C(C(Cc1ccccc1)N1C(=O)C2CCCCC2C1=O)N1c2ccccc2S(=O)(=O)c2ccccc21. The molecule has 37 heavy (non-hydrogen) atoms. The average Bonchev–Trinajstić information content (AvgIpc) is 3.18. The van der Waals surface area contributed by atoms with Gasteiger partial charge in [0.1, 0.15) is 6.04 Å². The number of likely N-dealkylation sites (tertiary alicyclic amines) is 1. The Hall–Kier alpha value is -3.78. The van der Waals surface area contributed by atoms with Crippen LogP contribution in [0.15, 0.2) is 88.7 Å².